The van der Waals surface area contributed by atoms with Crippen molar-refractivity contribution in [3.63, 3.8) is 0 Å². The predicted molar refractivity (Wildman–Crippen MR) is 145 cm³/mol. The molecule has 0 aliphatic heterocycles. The van der Waals surface area contributed by atoms with E-state index >= 15 is 0 Å². The minimum Gasteiger partial charge on any atom is -0.468 e. The zero-order chi connectivity index (χ0) is 26.4. The van der Waals surface area contributed by atoms with Gasteiger partial charge in [-0.05, 0) is 25.7 Å². The largest absolute Gasteiger partial charge is 0.468 e. The molecular weight excluding hydrogens is 463 g/mol. The van der Waals surface area contributed by atoms with Gasteiger partial charge in [0.1, 0.15) is 11.7 Å². The minimum atomic E-state index is -3.18. The summed E-state index contributed by atoms with van der Waals surface area (Å²) in [5.74, 6) is -1.75. The summed E-state index contributed by atoms with van der Waals surface area (Å²) in [6.45, 7) is 3.69. The van der Waals surface area contributed by atoms with Gasteiger partial charge in [0.05, 0.1) is 13.3 Å². The maximum Gasteiger partial charge on any atom is 0.330 e. The van der Waals surface area contributed by atoms with E-state index in [1.165, 1.54) is 118 Å². The molecule has 0 bridgehead atoms. The molecule has 0 saturated carbocycles. The Hall–Kier alpha value is -0.710. The van der Waals surface area contributed by atoms with Crippen molar-refractivity contribution in [3.05, 3.63) is 0 Å². The standard InChI is InChI=1S/C28H55O6P/c1-6-7-8-9-10-11-12-13-14-15-16-17-18-19-20-21-22-26(23-24-35(31,33-4)34-5)27(25(2)29)28(30)32-3/h26-27H,6-24H2,1-5H3. The Morgan fingerprint density at radius 1 is 0.657 bits per heavy atom. The highest BCUT2D eigenvalue weighted by molar-refractivity contribution is 7.53. The number of methoxy groups -OCH3 is 1. The Bertz CT molecular complexity index is 572. The molecule has 0 fully saturated rings. The summed E-state index contributed by atoms with van der Waals surface area (Å²) in [5, 5.41) is 0. The van der Waals surface area contributed by atoms with Crippen LogP contribution in [0.2, 0.25) is 0 Å². The van der Waals surface area contributed by atoms with Crippen molar-refractivity contribution in [2.24, 2.45) is 11.8 Å². The molecule has 7 heteroatoms. The van der Waals surface area contributed by atoms with E-state index in [1.807, 2.05) is 0 Å². The van der Waals surface area contributed by atoms with Crippen molar-refractivity contribution < 1.29 is 27.9 Å². The molecule has 0 aliphatic rings. The first-order valence-electron chi connectivity index (χ1n) is 14.1. The van der Waals surface area contributed by atoms with Gasteiger partial charge in [-0.25, -0.2) is 0 Å². The van der Waals surface area contributed by atoms with Crippen LogP contribution < -0.4 is 0 Å². The van der Waals surface area contributed by atoms with Crippen LogP contribution in [-0.2, 0) is 27.9 Å². The van der Waals surface area contributed by atoms with Gasteiger partial charge >= 0.3 is 13.6 Å². The molecule has 0 saturated heterocycles. The number of esters is 1. The number of hydrogen-bond acceptors (Lipinski definition) is 6. The third kappa shape index (κ3) is 17.4. The average Bonchev–Trinajstić information content (AvgIpc) is 2.86. The van der Waals surface area contributed by atoms with Gasteiger partial charge in [0.15, 0.2) is 0 Å². The molecule has 0 rings (SSSR count). The number of ketones is 1. The lowest BCUT2D eigenvalue weighted by molar-refractivity contribution is -0.151. The first-order valence-corrected chi connectivity index (χ1v) is 15.9. The lowest BCUT2D eigenvalue weighted by Gasteiger charge is -2.24. The highest BCUT2D eigenvalue weighted by Gasteiger charge is 2.35. The second kappa shape index (κ2) is 22.5. The van der Waals surface area contributed by atoms with Crippen molar-refractivity contribution in [2.45, 2.75) is 129 Å². The van der Waals surface area contributed by atoms with Gasteiger partial charge in [0, 0.05) is 14.2 Å². The van der Waals surface area contributed by atoms with Gasteiger partial charge in [-0.3, -0.25) is 14.2 Å². The van der Waals surface area contributed by atoms with E-state index in [0.717, 1.165) is 19.3 Å². The number of carbonyl (C=O) groups excluding carboxylic acids is 2. The van der Waals surface area contributed by atoms with Crippen LogP contribution in [0, 0.1) is 11.8 Å². The first-order chi connectivity index (χ1) is 16.8. The van der Waals surface area contributed by atoms with Crippen molar-refractivity contribution in [1.29, 1.82) is 0 Å². The molecule has 0 amide bonds. The minimum absolute atomic E-state index is 0.185. The summed E-state index contributed by atoms with van der Waals surface area (Å²) in [6, 6.07) is 0. The van der Waals surface area contributed by atoms with Crippen molar-refractivity contribution >= 4 is 19.3 Å². The van der Waals surface area contributed by atoms with E-state index in [-0.39, 0.29) is 17.9 Å². The second-order valence-corrected chi connectivity index (χ2v) is 12.4. The average molecular weight is 519 g/mol. The molecule has 6 nitrogen and oxygen atoms in total. The molecule has 0 aromatic carbocycles. The number of hydrogen-bond donors (Lipinski definition) is 0. The quantitative estimate of drug-likeness (QED) is 0.0521. The van der Waals surface area contributed by atoms with Crippen molar-refractivity contribution in [2.75, 3.05) is 27.5 Å². The number of ether oxygens (including phenoxy) is 1. The topological polar surface area (TPSA) is 78.9 Å². The molecule has 0 heterocycles. The fourth-order valence-electron chi connectivity index (χ4n) is 4.83. The van der Waals surface area contributed by atoms with Gasteiger partial charge in [0.2, 0.25) is 0 Å². The summed E-state index contributed by atoms with van der Waals surface area (Å²) in [7, 11) is 0.839. The van der Waals surface area contributed by atoms with Crippen molar-refractivity contribution in [3.8, 4) is 0 Å². The third-order valence-corrected chi connectivity index (χ3v) is 9.04. The maximum absolute atomic E-state index is 12.5. The zero-order valence-corrected chi connectivity index (χ0v) is 24.4. The van der Waals surface area contributed by atoms with Crippen LogP contribution in [-0.4, -0.2) is 39.2 Å². The second-order valence-electron chi connectivity index (χ2n) is 9.95. The zero-order valence-electron chi connectivity index (χ0n) is 23.5. The molecule has 0 aliphatic carbocycles. The van der Waals surface area contributed by atoms with E-state index in [2.05, 4.69) is 6.92 Å². The SMILES string of the molecule is CCCCCCCCCCCCCCCCCCC(CCP(=O)(OC)OC)C(C(C)=O)C(=O)OC. The molecule has 35 heavy (non-hydrogen) atoms. The molecule has 0 N–H and O–H groups in total. The summed E-state index contributed by atoms with van der Waals surface area (Å²) in [4.78, 5) is 24.4. The number of rotatable bonds is 25. The number of carbonyl (C=O) groups is 2. The monoisotopic (exact) mass is 518 g/mol. The van der Waals surface area contributed by atoms with Crippen LogP contribution in [0.15, 0.2) is 0 Å². The van der Waals surface area contributed by atoms with Crippen LogP contribution in [0.1, 0.15) is 129 Å². The Morgan fingerprint density at radius 2 is 1.06 bits per heavy atom. The van der Waals surface area contributed by atoms with Gasteiger partial charge in [0.25, 0.3) is 0 Å². The fraction of sp³-hybridized carbons (Fsp3) is 0.929. The summed E-state index contributed by atoms with van der Waals surface area (Å²) in [6.07, 6.45) is 22.2. The van der Waals surface area contributed by atoms with Gasteiger partial charge < -0.3 is 13.8 Å². The molecule has 0 spiro atoms. The van der Waals surface area contributed by atoms with Gasteiger partial charge in [-0.15, -0.1) is 0 Å². The Kier molecular flexibility index (Phi) is 22.0. The summed E-state index contributed by atoms with van der Waals surface area (Å²) in [5.41, 5.74) is 0. The fourth-order valence-corrected chi connectivity index (χ4v) is 5.99. The summed E-state index contributed by atoms with van der Waals surface area (Å²) >= 11 is 0. The molecule has 208 valence electrons. The highest BCUT2D eigenvalue weighted by atomic mass is 31.2. The Labute approximate surface area is 216 Å². The van der Waals surface area contributed by atoms with Crippen LogP contribution in [0.3, 0.4) is 0 Å². The maximum atomic E-state index is 12.5. The highest BCUT2D eigenvalue weighted by Crippen LogP contribution is 2.48. The van der Waals surface area contributed by atoms with Crippen LogP contribution in [0.5, 0.6) is 0 Å². The molecule has 2 unspecified atom stereocenters. The number of Topliss-reactive ketones (excluding diaryl/α,β-unsaturated/α-hetero) is 1. The van der Waals surface area contributed by atoms with Gasteiger partial charge in [-0.1, -0.05) is 110 Å². The first kappa shape index (κ1) is 34.3. The van der Waals surface area contributed by atoms with E-state index in [1.54, 1.807) is 0 Å². The Balaban J connectivity index is 4.11. The normalized spacial score (nSPS) is 13.5. The molecule has 2 atom stereocenters. The van der Waals surface area contributed by atoms with Crippen molar-refractivity contribution in [1.82, 2.24) is 0 Å². The Morgan fingerprint density at radius 3 is 1.40 bits per heavy atom. The van der Waals surface area contributed by atoms with Crippen LogP contribution in [0.4, 0.5) is 0 Å². The third-order valence-electron chi connectivity index (χ3n) is 7.12. The van der Waals surface area contributed by atoms with E-state index in [0.29, 0.717) is 6.42 Å². The number of unbranched alkanes of at least 4 members (excludes halogenated alkanes) is 15. The molecule has 0 radical (unpaired) electrons. The van der Waals surface area contributed by atoms with E-state index < -0.39 is 19.5 Å². The van der Waals surface area contributed by atoms with Crippen LogP contribution >= 0.6 is 7.60 Å². The molecular formula is C28H55O6P. The lowest BCUT2D eigenvalue weighted by Crippen LogP contribution is -2.31. The van der Waals surface area contributed by atoms with E-state index in [9.17, 15) is 14.2 Å². The van der Waals surface area contributed by atoms with E-state index in [4.69, 9.17) is 13.8 Å². The van der Waals surface area contributed by atoms with Crippen LogP contribution in [0.25, 0.3) is 0 Å². The molecule has 0 aromatic rings. The summed E-state index contributed by atoms with van der Waals surface area (Å²) < 4.78 is 27.4. The predicted octanol–water partition coefficient (Wildman–Crippen LogP) is 8.51. The smallest absolute Gasteiger partial charge is 0.330 e. The molecule has 0 aromatic heterocycles. The van der Waals surface area contributed by atoms with Gasteiger partial charge in [-0.2, -0.15) is 0 Å². The lowest BCUT2D eigenvalue weighted by atomic mass is 9.83.